The number of aliphatic carboxylic acids is 1. The molecule has 0 amide bonds. The van der Waals surface area contributed by atoms with Crippen LogP contribution in [0.5, 0.6) is 0 Å². The molecule has 1 rings (SSSR count). The summed E-state index contributed by atoms with van der Waals surface area (Å²) in [6.45, 7) is -0.478. The molecule has 0 radical (unpaired) electrons. The quantitative estimate of drug-likeness (QED) is 0.871. The van der Waals surface area contributed by atoms with Gasteiger partial charge in [-0.1, -0.05) is 30.3 Å². The molecule has 1 atom stereocenters. The first-order chi connectivity index (χ1) is 7.91. The highest BCUT2D eigenvalue weighted by Gasteiger charge is 2.41. The van der Waals surface area contributed by atoms with Crippen molar-refractivity contribution < 1.29 is 27.8 Å². The van der Waals surface area contributed by atoms with Gasteiger partial charge in [0.25, 0.3) is 0 Å². The fraction of sp³-hybridized carbons (Fsp3) is 0.364. The molecular weight excluding hydrogens is 237 g/mol. The molecule has 0 aliphatic carbocycles. The normalized spacial score (nSPS) is 13.4. The summed E-state index contributed by atoms with van der Waals surface area (Å²) < 4.78 is 42.6. The van der Waals surface area contributed by atoms with Crippen LogP contribution in [0.15, 0.2) is 30.3 Å². The van der Waals surface area contributed by atoms with Crippen molar-refractivity contribution >= 4 is 5.97 Å². The van der Waals surface area contributed by atoms with Gasteiger partial charge >= 0.3 is 12.1 Å². The number of carboxylic acids is 1. The zero-order valence-corrected chi connectivity index (χ0v) is 8.78. The summed E-state index contributed by atoms with van der Waals surface area (Å²) in [5.74, 6) is -1.20. The number of alkyl halides is 3. The molecule has 0 aromatic heterocycles. The Morgan fingerprint density at radius 3 is 2.35 bits per heavy atom. The molecule has 0 fully saturated rings. The van der Waals surface area contributed by atoms with E-state index in [0.717, 1.165) is 0 Å². The molecule has 0 aliphatic rings. The van der Waals surface area contributed by atoms with Crippen LogP contribution < -0.4 is 0 Å². The molecule has 0 spiro atoms. The van der Waals surface area contributed by atoms with Gasteiger partial charge in [0, 0.05) is 0 Å². The second kappa shape index (κ2) is 5.67. The molecule has 3 nitrogen and oxygen atoms in total. The van der Waals surface area contributed by atoms with Gasteiger partial charge in [0.15, 0.2) is 6.10 Å². The van der Waals surface area contributed by atoms with Crippen molar-refractivity contribution in [3.05, 3.63) is 35.9 Å². The standard InChI is InChI=1S/C11H11F3O3/c12-11(13,14)10(17-7-6-9(15)16)8-4-2-1-3-5-8/h1-5,10H,6-7H2,(H,15,16). The molecule has 0 saturated carbocycles. The van der Waals surface area contributed by atoms with Crippen molar-refractivity contribution in [2.24, 2.45) is 0 Å². The van der Waals surface area contributed by atoms with E-state index in [4.69, 9.17) is 5.11 Å². The van der Waals surface area contributed by atoms with Gasteiger partial charge in [-0.3, -0.25) is 4.79 Å². The van der Waals surface area contributed by atoms with Gasteiger partial charge in [-0.15, -0.1) is 0 Å². The molecule has 6 heteroatoms. The summed E-state index contributed by atoms with van der Waals surface area (Å²) in [5.41, 5.74) is -0.0367. The number of carboxylic acid groups (broad SMARTS) is 1. The van der Waals surface area contributed by atoms with Gasteiger partial charge in [0.1, 0.15) is 0 Å². The Hall–Kier alpha value is -1.56. The van der Waals surface area contributed by atoms with Crippen molar-refractivity contribution in [3.8, 4) is 0 Å². The Kier molecular flexibility index (Phi) is 4.51. The Balaban J connectivity index is 2.72. The Morgan fingerprint density at radius 2 is 1.88 bits per heavy atom. The van der Waals surface area contributed by atoms with Gasteiger partial charge in [-0.05, 0) is 5.56 Å². The van der Waals surface area contributed by atoms with Crippen molar-refractivity contribution in [2.45, 2.75) is 18.7 Å². The lowest BCUT2D eigenvalue weighted by atomic mass is 10.1. The number of benzene rings is 1. The summed E-state index contributed by atoms with van der Waals surface area (Å²) in [6.07, 6.45) is -7.10. The molecule has 0 aliphatic heterocycles. The van der Waals surface area contributed by atoms with E-state index in [0.29, 0.717) is 0 Å². The van der Waals surface area contributed by atoms with E-state index < -0.39 is 31.3 Å². The van der Waals surface area contributed by atoms with Crippen LogP contribution in [0.4, 0.5) is 13.2 Å². The maximum Gasteiger partial charge on any atom is 0.418 e. The van der Waals surface area contributed by atoms with Crippen LogP contribution in [0.1, 0.15) is 18.1 Å². The number of carbonyl (C=O) groups is 1. The van der Waals surface area contributed by atoms with Crippen LogP contribution in [0.3, 0.4) is 0 Å². The number of hydrogen-bond acceptors (Lipinski definition) is 2. The largest absolute Gasteiger partial charge is 0.481 e. The van der Waals surface area contributed by atoms with E-state index in [1.54, 1.807) is 6.07 Å². The maximum atomic E-state index is 12.7. The van der Waals surface area contributed by atoms with E-state index in [2.05, 4.69) is 4.74 Å². The molecular formula is C11H11F3O3. The molecule has 17 heavy (non-hydrogen) atoms. The molecule has 1 N–H and O–H groups in total. The van der Waals surface area contributed by atoms with E-state index in [1.807, 2.05) is 0 Å². The van der Waals surface area contributed by atoms with E-state index in [1.165, 1.54) is 24.3 Å². The van der Waals surface area contributed by atoms with Gasteiger partial charge in [0.05, 0.1) is 13.0 Å². The lowest BCUT2D eigenvalue weighted by Gasteiger charge is -2.20. The maximum absolute atomic E-state index is 12.7. The molecule has 0 bridgehead atoms. The van der Waals surface area contributed by atoms with Crippen LogP contribution in [0.25, 0.3) is 0 Å². The second-order valence-electron chi connectivity index (χ2n) is 3.35. The number of ether oxygens (including phenoxy) is 1. The number of halogens is 3. The van der Waals surface area contributed by atoms with Crippen molar-refractivity contribution in [1.29, 1.82) is 0 Å². The fourth-order valence-electron chi connectivity index (χ4n) is 1.27. The van der Waals surface area contributed by atoms with Crippen molar-refractivity contribution in [2.75, 3.05) is 6.61 Å². The predicted molar refractivity (Wildman–Crippen MR) is 53.4 cm³/mol. The van der Waals surface area contributed by atoms with Gasteiger partial charge in [-0.2, -0.15) is 13.2 Å². The van der Waals surface area contributed by atoms with Crippen LogP contribution in [-0.2, 0) is 9.53 Å². The molecule has 94 valence electrons. The Morgan fingerprint density at radius 1 is 1.29 bits per heavy atom. The smallest absolute Gasteiger partial charge is 0.418 e. The third-order valence-corrected chi connectivity index (χ3v) is 2.00. The summed E-state index contributed by atoms with van der Waals surface area (Å²) in [5, 5.41) is 8.34. The van der Waals surface area contributed by atoms with Crippen LogP contribution in [0.2, 0.25) is 0 Å². The van der Waals surface area contributed by atoms with E-state index in [-0.39, 0.29) is 5.56 Å². The van der Waals surface area contributed by atoms with E-state index >= 15 is 0 Å². The van der Waals surface area contributed by atoms with Crippen LogP contribution in [0, 0.1) is 0 Å². The lowest BCUT2D eigenvalue weighted by Crippen LogP contribution is -2.24. The monoisotopic (exact) mass is 248 g/mol. The first-order valence-corrected chi connectivity index (χ1v) is 4.86. The molecule has 0 saturated heterocycles. The van der Waals surface area contributed by atoms with Gasteiger partial charge < -0.3 is 9.84 Å². The minimum Gasteiger partial charge on any atom is -0.481 e. The highest BCUT2D eigenvalue weighted by molar-refractivity contribution is 5.66. The van der Waals surface area contributed by atoms with E-state index in [9.17, 15) is 18.0 Å². The summed E-state index contributed by atoms with van der Waals surface area (Å²) >= 11 is 0. The third kappa shape index (κ3) is 4.44. The second-order valence-corrected chi connectivity index (χ2v) is 3.35. The summed E-state index contributed by atoms with van der Waals surface area (Å²) in [4.78, 5) is 10.2. The first kappa shape index (κ1) is 13.5. The topological polar surface area (TPSA) is 46.5 Å². The molecule has 1 aromatic carbocycles. The zero-order chi connectivity index (χ0) is 12.9. The SMILES string of the molecule is O=C(O)CCOC(c1ccccc1)C(F)(F)F. The van der Waals surface area contributed by atoms with Gasteiger partial charge in [-0.25, -0.2) is 0 Å². The summed E-state index contributed by atoms with van der Waals surface area (Å²) in [7, 11) is 0. The summed E-state index contributed by atoms with van der Waals surface area (Å²) in [6, 6.07) is 7.11. The van der Waals surface area contributed by atoms with Gasteiger partial charge in [0.2, 0.25) is 0 Å². The van der Waals surface area contributed by atoms with Crippen molar-refractivity contribution in [1.82, 2.24) is 0 Å². The first-order valence-electron chi connectivity index (χ1n) is 4.86. The van der Waals surface area contributed by atoms with Crippen molar-refractivity contribution in [3.63, 3.8) is 0 Å². The number of rotatable bonds is 5. The average Bonchev–Trinajstić information content (AvgIpc) is 2.23. The number of hydrogen-bond donors (Lipinski definition) is 1. The zero-order valence-electron chi connectivity index (χ0n) is 8.78. The highest BCUT2D eigenvalue weighted by Crippen LogP contribution is 2.35. The van der Waals surface area contributed by atoms with Crippen LogP contribution >= 0.6 is 0 Å². The van der Waals surface area contributed by atoms with Crippen LogP contribution in [-0.4, -0.2) is 23.9 Å². The third-order valence-electron chi connectivity index (χ3n) is 2.00. The predicted octanol–water partition coefficient (Wildman–Crippen LogP) is 2.78. The molecule has 1 aromatic rings. The average molecular weight is 248 g/mol. The minimum absolute atomic E-state index is 0.0367. The highest BCUT2D eigenvalue weighted by atomic mass is 19.4. The Bertz CT molecular complexity index is 362. The minimum atomic E-state index is -4.56. The molecule has 0 heterocycles. The Labute approximate surface area is 95.8 Å². The fourth-order valence-corrected chi connectivity index (χ4v) is 1.27. The molecule has 1 unspecified atom stereocenters. The lowest BCUT2D eigenvalue weighted by molar-refractivity contribution is -0.224.